The molecule has 0 aromatic rings. The third-order valence-electron chi connectivity index (χ3n) is 2.49. The van der Waals surface area contributed by atoms with Gasteiger partial charge in [-0.1, -0.05) is 0 Å². The van der Waals surface area contributed by atoms with Crippen LogP contribution in [0.5, 0.6) is 0 Å². The molecule has 5 nitrogen and oxygen atoms in total. The van der Waals surface area contributed by atoms with Gasteiger partial charge in [0, 0.05) is 12.8 Å². The van der Waals surface area contributed by atoms with Crippen molar-refractivity contribution in [1.29, 1.82) is 0 Å². The first-order valence-corrected chi connectivity index (χ1v) is 6.22. The molecule has 3 unspecified atom stereocenters. The fourth-order valence-electron chi connectivity index (χ4n) is 1.77. The largest absolute Gasteiger partial charge is 0.480 e. The van der Waals surface area contributed by atoms with E-state index in [-0.39, 0.29) is 12.4 Å². The molecule has 1 rings (SSSR count). The zero-order chi connectivity index (χ0) is 12.7. The van der Waals surface area contributed by atoms with Crippen molar-refractivity contribution < 1.29 is 31.5 Å². The van der Waals surface area contributed by atoms with Crippen molar-refractivity contribution in [3.8, 4) is 0 Å². The van der Waals surface area contributed by atoms with Crippen LogP contribution in [0, 0.1) is 5.92 Å². The van der Waals surface area contributed by atoms with Gasteiger partial charge in [0.25, 0.3) is 0 Å². The predicted molar refractivity (Wildman–Crippen MR) is 54.9 cm³/mol. The second kappa shape index (κ2) is 4.99. The van der Waals surface area contributed by atoms with E-state index < -0.39 is 45.7 Å². The Balaban J connectivity index is 0.00000256. The van der Waals surface area contributed by atoms with Gasteiger partial charge in [-0.25, -0.2) is 8.42 Å². The number of hydrogen-bond donors (Lipinski definition) is 2. The monoisotopic (exact) mass is 297 g/mol. The van der Waals surface area contributed by atoms with Crippen LogP contribution in [-0.4, -0.2) is 49.8 Å². The highest BCUT2D eigenvalue weighted by Gasteiger charge is 2.58. The quantitative estimate of drug-likeness (QED) is 0.753. The Hall–Kier alpha value is -0.540. The van der Waals surface area contributed by atoms with E-state index in [9.17, 15) is 26.4 Å². The van der Waals surface area contributed by atoms with E-state index in [0.717, 1.165) is 0 Å². The molecule has 1 aliphatic heterocycles. The Morgan fingerprint density at radius 3 is 2.18 bits per heavy atom. The summed E-state index contributed by atoms with van der Waals surface area (Å²) < 4.78 is 60.0. The lowest BCUT2D eigenvalue weighted by Gasteiger charge is -2.23. The number of carboxylic acids is 1. The predicted octanol–water partition coefficient (Wildman–Crippen LogP) is 0.0563. The molecule has 0 radical (unpaired) electrons. The Morgan fingerprint density at radius 1 is 1.41 bits per heavy atom. The van der Waals surface area contributed by atoms with Crippen molar-refractivity contribution in [1.82, 2.24) is 5.32 Å². The minimum absolute atomic E-state index is 0. The van der Waals surface area contributed by atoms with Crippen LogP contribution in [0.2, 0.25) is 0 Å². The summed E-state index contributed by atoms with van der Waals surface area (Å²) in [5, 5.41) is 8.90. The van der Waals surface area contributed by atoms with Crippen LogP contribution in [-0.2, 0) is 14.6 Å². The molecule has 0 spiro atoms. The number of halogens is 4. The Kier molecular flexibility index (Phi) is 4.83. The molecule has 0 bridgehead atoms. The lowest BCUT2D eigenvalue weighted by Crippen LogP contribution is -2.45. The third kappa shape index (κ3) is 3.46. The summed E-state index contributed by atoms with van der Waals surface area (Å²) in [6, 6.07) is -1.90. The lowest BCUT2D eigenvalue weighted by molar-refractivity contribution is -0.182. The smallest absolute Gasteiger partial charge is 0.395 e. The molecule has 10 heteroatoms. The van der Waals surface area contributed by atoms with Gasteiger partial charge in [0.15, 0.2) is 9.84 Å². The third-order valence-corrected chi connectivity index (χ3v) is 4.05. The normalized spacial score (nSPS) is 29.8. The van der Waals surface area contributed by atoms with Crippen LogP contribution in [0.25, 0.3) is 0 Å². The zero-order valence-electron chi connectivity index (χ0n) is 8.56. The van der Waals surface area contributed by atoms with Crippen molar-refractivity contribution >= 4 is 28.2 Å². The molecule has 1 aliphatic rings. The molecular weight excluding hydrogens is 287 g/mol. The molecule has 0 aromatic heterocycles. The Morgan fingerprint density at radius 2 is 1.88 bits per heavy atom. The van der Waals surface area contributed by atoms with Gasteiger partial charge in [0.1, 0.15) is 6.04 Å². The van der Waals surface area contributed by atoms with E-state index in [1.54, 1.807) is 0 Å². The van der Waals surface area contributed by atoms with Gasteiger partial charge in [-0.3, -0.25) is 4.79 Å². The van der Waals surface area contributed by atoms with Gasteiger partial charge in [0.2, 0.25) is 0 Å². The Bertz CT molecular complexity index is 396. The number of sulfone groups is 1. The van der Waals surface area contributed by atoms with Crippen LogP contribution in [0.1, 0.15) is 0 Å². The standard InChI is InChI=1S/C7H10F3NO4S.ClH/c1-16(14,15)3-2-11-5(6(12)13)4(3)7(8,9)10;/h3-5,11H,2H2,1H3,(H,12,13);1H. The molecule has 102 valence electrons. The van der Waals surface area contributed by atoms with Gasteiger partial charge >= 0.3 is 12.1 Å². The number of carboxylic acid groups (broad SMARTS) is 1. The lowest BCUT2D eigenvalue weighted by atomic mass is 10.00. The van der Waals surface area contributed by atoms with E-state index in [1.165, 1.54) is 0 Å². The average molecular weight is 298 g/mol. The number of alkyl halides is 3. The summed E-state index contributed by atoms with van der Waals surface area (Å²) in [5.41, 5.74) is 0. The first kappa shape index (κ1) is 16.5. The summed E-state index contributed by atoms with van der Waals surface area (Å²) in [6.07, 6.45) is -4.19. The van der Waals surface area contributed by atoms with Crippen molar-refractivity contribution in [2.45, 2.75) is 17.5 Å². The van der Waals surface area contributed by atoms with Gasteiger partial charge in [-0.2, -0.15) is 13.2 Å². The van der Waals surface area contributed by atoms with Gasteiger partial charge in [-0.05, 0) is 0 Å². The first-order valence-electron chi connectivity index (χ1n) is 4.27. The van der Waals surface area contributed by atoms with Crippen LogP contribution in [0.15, 0.2) is 0 Å². The summed E-state index contributed by atoms with van der Waals surface area (Å²) in [5.74, 6) is -4.10. The second-order valence-corrected chi connectivity index (χ2v) is 5.92. The van der Waals surface area contributed by atoms with E-state index in [4.69, 9.17) is 5.11 Å². The summed E-state index contributed by atoms with van der Waals surface area (Å²) in [6.45, 7) is -0.500. The van der Waals surface area contributed by atoms with E-state index in [1.807, 2.05) is 0 Å². The number of carbonyl (C=O) groups is 1. The van der Waals surface area contributed by atoms with Crippen molar-refractivity contribution in [3.05, 3.63) is 0 Å². The van der Waals surface area contributed by atoms with Gasteiger partial charge in [-0.15, -0.1) is 12.4 Å². The SMILES string of the molecule is CS(=O)(=O)C1CNC(C(=O)O)C1C(F)(F)F.Cl. The summed E-state index contributed by atoms with van der Waals surface area (Å²) >= 11 is 0. The Labute approximate surface area is 102 Å². The summed E-state index contributed by atoms with van der Waals surface area (Å²) in [7, 11) is -3.95. The maximum atomic E-state index is 12.6. The molecule has 0 saturated carbocycles. The van der Waals surface area contributed by atoms with Crippen molar-refractivity contribution in [3.63, 3.8) is 0 Å². The minimum atomic E-state index is -4.86. The second-order valence-electron chi connectivity index (χ2n) is 3.66. The first-order chi connectivity index (χ1) is 7.05. The minimum Gasteiger partial charge on any atom is -0.480 e. The number of rotatable bonds is 2. The molecule has 17 heavy (non-hydrogen) atoms. The molecule has 2 N–H and O–H groups in total. The van der Waals surface area contributed by atoms with Crippen LogP contribution < -0.4 is 5.32 Å². The molecule has 1 heterocycles. The number of aliphatic carboxylic acids is 1. The maximum absolute atomic E-state index is 12.6. The molecular formula is C7H11ClF3NO4S. The molecule has 1 saturated heterocycles. The molecule has 0 amide bonds. The van der Waals surface area contributed by atoms with Gasteiger partial charge in [0.05, 0.1) is 11.2 Å². The summed E-state index contributed by atoms with van der Waals surface area (Å²) in [4.78, 5) is 10.6. The van der Waals surface area contributed by atoms with E-state index >= 15 is 0 Å². The van der Waals surface area contributed by atoms with E-state index in [2.05, 4.69) is 5.32 Å². The zero-order valence-corrected chi connectivity index (χ0v) is 10.2. The molecule has 0 aromatic carbocycles. The molecule has 0 aliphatic carbocycles. The van der Waals surface area contributed by atoms with Crippen LogP contribution in [0.4, 0.5) is 13.2 Å². The average Bonchev–Trinajstić information content (AvgIpc) is 2.43. The number of nitrogens with one attached hydrogen (secondary N) is 1. The van der Waals surface area contributed by atoms with Gasteiger partial charge < -0.3 is 10.4 Å². The fraction of sp³-hybridized carbons (Fsp3) is 0.857. The maximum Gasteiger partial charge on any atom is 0.395 e. The molecule has 3 atom stereocenters. The van der Waals surface area contributed by atoms with Crippen molar-refractivity contribution in [2.75, 3.05) is 12.8 Å². The van der Waals surface area contributed by atoms with Crippen LogP contribution in [0.3, 0.4) is 0 Å². The highest BCUT2D eigenvalue weighted by atomic mass is 35.5. The highest BCUT2D eigenvalue weighted by Crippen LogP contribution is 2.37. The molecule has 1 fully saturated rings. The highest BCUT2D eigenvalue weighted by molar-refractivity contribution is 7.91. The van der Waals surface area contributed by atoms with Crippen molar-refractivity contribution in [2.24, 2.45) is 5.92 Å². The fourth-order valence-corrected chi connectivity index (χ4v) is 3.01. The number of hydrogen-bond acceptors (Lipinski definition) is 4. The van der Waals surface area contributed by atoms with Crippen LogP contribution >= 0.6 is 12.4 Å². The van der Waals surface area contributed by atoms with E-state index in [0.29, 0.717) is 6.26 Å². The topological polar surface area (TPSA) is 83.5 Å².